The Balaban J connectivity index is 1.54. The van der Waals surface area contributed by atoms with E-state index < -0.39 is 5.97 Å². The van der Waals surface area contributed by atoms with Crippen LogP contribution in [0.5, 0.6) is 11.5 Å². The lowest BCUT2D eigenvalue weighted by Crippen LogP contribution is -2.07. The zero-order chi connectivity index (χ0) is 22.8. The van der Waals surface area contributed by atoms with Gasteiger partial charge in [0, 0.05) is 0 Å². The lowest BCUT2D eigenvalue weighted by atomic mass is 10.0. The summed E-state index contributed by atoms with van der Waals surface area (Å²) in [6.45, 7) is 2.63. The van der Waals surface area contributed by atoms with Gasteiger partial charge in [-0.3, -0.25) is 4.79 Å². The highest BCUT2D eigenvalue weighted by Gasteiger charge is 2.05. The van der Waals surface area contributed by atoms with Gasteiger partial charge in [-0.1, -0.05) is 60.6 Å². The first kappa shape index (κ1) is 22.9. The number of hydrogen-bond donors (Lipinski definition) is 1. The molecule has 0 aliphatic carbocycles. The Bertz CT molecular complexity index is 1060. The average molecular weight is 434 g/mol. The second-order valence-corrected chi connectivity index (χ2v) is 7.10. The molecule has 0 saturated heterocycles. The first-order chi connectivity index (χ1) is 15.6. The molecule has 32 heavy (non-hydrogen) atoms. The fourth-order valence-electron chi connectivity index (χ4n) is 3.22. The summed E-state index contributed by atoms with van der Waals surface area (Å²) in [5.41, 5.74) is 4.74. The number of benzene rings is 3. The van der Waals surface area contributed by atoms with E-state index >= 15 is 0 Å². The summed E-state index contributed by atoms with van der Waals surface area (Å²) >= 11 is 0. The molecule has 0 fully saturated rings. The van der Waals surface area contributed by atoms with Crippen LogP contribution in [0.25, 0.3) is 11.1 Å². The molecule has 1 N–H and O–H groups in total. The quantitative estimate of drug-likeness (QED) is 0.256. The van der Waals surface area contributed by atoms with Crippen LogP contribution in [-0.4, -0.2) is 37.1 Å². The minimum Gasteiger partial charge on any atom is -0.497 e. The van der Waals surface area contributed by atoms with Crippen LogP contribution < -0.4 is 9.47 Å². The third kappa shape index (κ3) is 6.60. The van der Waals surface area contributed by atoms with Gasteiger partial charge in [0.25, 0.3) is 0 Å². The molecule has 0 saturated carbocycles. The van der Waals surface area contributed by atoms with E-state index in [0.717, 1.165) is 34.6 Å². The van der Waals surface area contributed by atoms with Gasteiger partial charge in [-0.15, -0.1) is 0 Å². The molecular formula is C26H27NO5. The van der Waals surface area contributed by atoms with Gasteiger partial charge in [-0.25, -0.2) is 0 Å². The average Bonchev–Trinajstić information content (AvgIpc) is 2.81. The topological polar surface area (TPSA) is 77.4 Å². The van der Waals surface area contributed by atoms with Crippen molar-refractivity contribution in [2.24, 2.45) is 5.16 Å². The Hall–Kier alpha value is -3.80. The fraction of sp³-hybridized carbons (Fsp3) is 0.231. The number of hydrogen-bond acceptors (Lipinski definition) is 5. The minimum atomic E-state index is -0.872. The standard InChI is InChI=1S/C26H27NO5/c1-3-25(21-12-10-20(11-13-21)22-7-5-8-23(18-22)30-2)27-32-15-14-31-24-9-4-6-19(16-24)17-26(28)29/h4-13,16,18H,3,14-15,17H2,1-2H3,(H,28,29)/b27-25+. The van der Waals surface area contributed by atoms with Crippen molar-refractivity contribution in [3.05, 3.63) is 83.9 Å². The van der Waals surface area contributed by atoms with E-state index in [2.05, 4.69) is 17.3 Å². The van der Waals surface area contributed by atoms with E-state index in [0.29, 0.717) is 17.9 Å². The Morgan fingerprint density at radius 2 is 1.66 bits per heavy atom. The highest BCUT2D eigenvalue weighted by Crippen LogP contribution is 2.24. The van der Waals surface area contributed by atoms with Crippen molar-refractivity contribution in [1.29, 1.82) is 0 Å². The van der Waals surface area contributed by atoms with Crippen LogP contribution in [0.15, 0.2) is 78.0 Å². The molecule has 0 aliphatic heterocycles. The molecule has 3 aromatic carbocycles. The van der Waals surface area contributed by atoms with E-state index in [9.17, 15) is 4.79 Å². The molecule has 0 amide bonds. The summed E-state index contributed by atoms with van der Waals surface area (Å²) in [4.78, 5) is 16.3. The summed E-state index contributed by atoms with van der Waals surface area (Å²) in [6, 6.07) is 23.2. The molecule has 0 atom stereocenters. The van der Waals surface area contributed by atoms with Gasteiger partial charge >= 0.3 is 5.97 Å². The molecule has 0 heterocycles. The van der Waals surface area contributed by atoms with Gasteiger partial charge in [0.1, 0.15) is 18.1 Å². The molecule has 0 aliphatic rings. The number of ether oxygens (including phenoxy) is 2. The lowest BCUT2D eigenvalue weighted by Gasteiger charge is -2.09. The summed E-state index contributed by atoms with van der Waals surface area (Å²) in [5.74, 6) is 0.565. The van der Waals surface area contributed by atoms with Crippen molar-refractivity contribution < 1.29 is 24.2 Å². The second-order valence-electron chi connectivity index (χ2n) is 7.10. The number of rotatable bonds is 11. The molecule has 6 heteroatoms. The van der Waals surface area contributed by atoms with Gasteiger partial charge in [-0.2, -0.15) is 0 Å². The number of oxime groups is 1. The molecule has 0 radical (unpaired) electrons. The molecule has 3 aromatic rings. The predicted octanol–water partition coefficient (Wildman–Crippen LogP) is 5.20. The molecule has 6 nitrogen and oxygen atoms in total. The first-order valence-corrected chi connectivity index (χ1v) is 10.5. The third-order valence-electron chi connectivity index (χ3n) is 4.83. The number of nitrogens with zero attached hydrogens (tertiary/aromatic N) is 1. The van der Waals surface area contributed by atoms with Crippen LogP contribution in [0, 0.1) is 0 Å². The van der Waals surface area contributed by atoms with E-state index in [-0.39, 0.29) is 13.0 Å². The maximum absolute atomic E-state index is 10.8. The zero-order valence-electron chi connectivity index (χ0n) is 18.3. The van der Waals surface area contributed by atoms with E-state index in [1.165, 1.54) is 0 Å². The monoisotopic (exact) mass is 433 g/mol. The predicted molar refractivity (Wildman–Crippen MR) is 124 cm³/mol. The number of carbonyl (C=O) groups is 1. The van der Waals surface area contributed by atoms with Crippen LogP contribution in [-0.2, 0) is 16.1 Å². The van der Waals surface area contributed by atoms with E-state index in [4.69, 9.17) is 19.4 Å². The van der Waals surface area contributed by atoms with Crippen molar-refractivity contribution >= 4 is 11.7 Å². The van der Waals surface area contributed by atoms with Crippen LogP contribution in [0.2, 0.25) is 0 Å². The van der Waals surface area contributed by atoms with Crippen molar-refractivity contribution in [3.63, 3.8) is 0 Å². The SMILES string of the molecule is CC/C(=N\OCCOc1cccc(CC(=O)O)c1)c1ccc(-c2cccc(OC)c2)cc1. The molecule has 0 spiro atoms. The molecule has 166 valence electrons. The maximum atomic E-state index is 10.8. The zero-order valence-corrected chi connectivity index (χ0v) is 18.3. The van der Waals surface area contributed by atoms with Gasteiger partial charge < -0.3 is 19.4 Å². The maximum Gasteiger partial charge on any atom is 0.307 e. The second kappa shape index (κ2) is 11.6. The summed E-state index contributed by atoms with van der Waals surface area (Å²) < 4.78 is 10.9. The number of aliphatic carboxylic acids is 1. The van der Waals surface area contributed by atoms with Crippen LogP contribution in [0.4, 0.5) is 0 Å². The number of carboxylic acids is 1. The summed E-state index contributed by atoms with van der Waals surface area (Å²) in [6.07, 6.45) is 0.699. The van der Waals surface area contributed by atoms with Crippen molar-refractivity contribution in [2.45, 2.75) is 19.8 Å². The molecule has 3 rings (SSSR count). The summed E-state index contributed by atoms with van der Waals surface area (Å²) in [5, 5.41) is 13.2. The Kier molecular flexibility index (Phi) is 8.26. The van der Waals surface area contributed by atoms with Gasteiger partial charge in [0.2, 0.25) is 0 Å². The fourth-order valence-corrected chi connectivity index (χ4v) is 3.22. The number of carboxylic acid groups (broad SMARTS) is 1. The van der Waals surface area contributed by atoms with Gasteiger partial charge in [0.05, 0.1) is 19.2 Å². The highest BCUT2D eigenvalue weighted by molar-refractivity contribution is 6.00. The van der Waals surface area contributed by atoms with Gasteiger partial charge in [0.15, 0.2) is 6.61 Å². The Morgan fingerprint density at radius 1 is 0.906 bits per heavy atom. The normalized spacial score (nSPS) is 11.1. The van der Waals surface area contributed by atoms with Gasteiger partial charge in [-0.05, 0) is 52.9 Å². The van der Waals surface area contributed by atoms with Crippen molar-refractivity contribution in [2.75, 3.05) is 20.3 Å². The Morgan fingerprint density at radius 3 is 2.38 bits per heavy atom. The van der Waals surface area contributed by atoms with Crippen LogP contribution >= 0.6 is 0 Å². The lowest BCUT2D eigenvalue weighted by molar-refractivity contribution is -0.136. The van der Waals surface area contributed by atoms with Crippen LogP contribution in [0.3, 0.4) is 0 Å². The Labute approximate surface area is 188 Å². The van der Waals surface area contributed by atoms with Crippen molar-refractivity contribution in [1.82, 2.24) is 0 Å². The minimum absolute atomic E-state index is 0.0333. The molecule has 0 aromatic heterocycles. The van der Waals surface area contributed by atoms with Crippen molar-refractivity contribution in [3.8, 4) is 22.6 Å². The first-order valence-electron chi connectivity index (χ1n) is 10.5. The molecular weight excluding hydrogens is 406 g/mol. The smallest absolute Gasteiger partial charge is 0.307 e. The third-order valence-corrected chi connectivity index (χ3v) is 4.83. The van der Waals surface area contributed by atoms with E-state index in [1.54, 1.807) is 31.4 Å². The largest absolute Gasteiger partial charge is 0.497 e. The van der Waals surface area contributed by atoms with Crippen LogP contribution in [0.1, 0.15) is 24.5 Å². The molecule has 0 unspecified atom stereocenters. The highest BCUT2D eigenvalue weighted by atomic mass is 16.6. The number of methoxy groups -OCH3 is 1. The summed E-state index contributed by atoms with van der Waals surface area (Å²) in [7, 11) is 1.66. The molecule has 0 bridgehead atoms. The van der Waals surface area contributed by atoms with E-state index in [1.807, 2.05) is 43.3 Å².